The van der Waals surface area contributed by atoms with Gasteiger partial charge >= 0.3 is 0 Å². The second-order valence-electron chi connectivity index (χ2n) is 7.59. The van der Waals surface area contributed by atoms with Crippen LogP contribution in [0.3, 0.4) is 0 Å². The van der Waals surface area contributed by atoms with Gasteiger partial charge in [0, 0.05) is 6.42 Å². The third kappa shape index (κ3) is 3.80. The summed E-state index contributed by atoms with van der Waals surface area (Å²) in [5.74, 6) is 0.795. The molecule has 1 atom stereocenters. The molecule has 1 amide bonds. The van der Waals surface area contributed by atoms with Crippen molar-refractivity contribution >= 4 is 45.8 Å². The molecule has 10 heteroatoms. The number of hydrogen-bond donors (Lipinski definition) is 0. The molecule has 5 aromatic rings. The van der Waals surface area contributed by atoms with E-state index in [1.165, 1.54) is 18.1 Å². The number of carbonyl (C=O) groups is 1. The number of furan rings is 1. The first kappa shape index (κ1) is 20.8. The summed E-state index contributed by atoms with van der Waals surface area (Å²) < 4.78 is 7.40. The second-order valence-corrected chi connectivity index (χ2v) is 9.51. The Labute approximate surface area is 202 Å². The Morgan fingerprint density at radius 3 is 2.82 bits per heavy atom. The highest BCUT2D eigenvalue weighted by Gasteiger charge is 2.35. The number of fused-ring (bicyclic) bond motifs is 1. The molecule has 8 nitrogen and oxygen atoms in total. The summed E-state index contributed by atoms with van der Waals surface area (Å²) in [5, 5.41) is 14.2. The summed E-state index contributed by atoms with van der Waals surface area (Å²) in [6, 6.07) is 17.3. The quantitative estimate of drug-likeness (QED) is 0.249. The molecule has 0 fully saturated rings. The lowest BCUT2D eigenvalue weighted by molar-refractivity contribution is -0.130. The Hall–Kier alpha value is -3.76. The molecule has 6 rings (SSSR count). The number of amides is 1. The molecule has 0 radical (unpaired) electrons. The van der Waals surface area contributed by atoms with Crippen molar-refractivity contribution in [3.63, 3.8) is 0 Å². The highest BCUT2D eigenvalue weighted by molar-refractivity contribution is 8.00. The Morgan fingerprint density at radius 1 is 1.12 bits per heavy atom. The predicted molar refractivity (Wildman–Crippen MR) is 131 cm³/mol. The Kier molecular flexibility index (Phi) is 5.44. The Balaban J connectivity index is 1.25. The van der Waals surface area contributed by atoms with Crippen molar-refractivity contribution in [1.82, 2.24) is 24.8 Å². The number of aromatic nitrogens is 4. The van der Waals surface area contributed by atoms with Crippen molar-refractivity contribution in [2.45, 2.75) is 17.5 Å². The molecule has 5 heterocycles. The van der Waals surface area contributed by atoms with Gasteiger partial charge in [0.1, 0.15) is 23.2 Å². The van der Waals surface area contributed by atoms with Crippen molar-refractivity contribution in [3.8, 4) is 5.69 Å². The van der Waals surface area contributed by atoms with E-state index in [2.05, 4.69) is 20.2 Å². The molecule has 0 unspecified atom stereocenters. The standard InChI is InChI=1S/C24H18N6O2S2/c31-22(30-19(20-8-4-10-32-20)12-18(28-30)21-9-5-11-33-21)14-34-24-17-13-27-29(23(17)25-15-26-24)16-6-2-1-3-7-16/h1-11,13,15,19H,12,14H2/t19-/m1/s1. The lowest BCUT2D eigenvalue weighted by Gasteiger charge is -2.19. The smallest absolute Gasteiger partial charge is 0.253 e. The number of hydrogen-bond acceptors (Lipinski definition) is 8. The molecule has 0 spiro atoms. The highest BCUT2D eigenvalue weighted by Crippen LogP contribution is 2.35. The molecule has 34 heavy (non-hydrogen) atoms. The van der Waals surface area contributed by atoms with Crippen molar-refractivity contribution in [2.24, 2.45) is 5.10 Å². The van der Waals surface area contributed by atoms with Crippen LogP contribution in [0.4, 0.5) is 0 Å². The van der Waals surface area contributed by atoms with Crippen LogP contribution < -0.4 is 0 Å². The summed E-state index contributed by atoms with van der Waals surface area (Å²) >= 11 is 2.97. The van der Waals surface area contributed by atoms with E-state index in [4.69, 9.17) is 4.42 Å². The van der Waals surface area contributed by atoms with Crippen LogP contribution in [0, 0.1) is 0 Å². The fourth-order valence-corrected chi connectivity index (χ4v) is 5.46. The summed E-state index contributed by atoms with van der Waals surface area (Å²) in [5.41, 5.74) is 2.50. The molecular weight excluding hydrogens is 468 g/mol. The van der Waals surface area contributed by atoms with Gasteiger partial charge < -0.3 is 4.42 Å². The first-order chi connectivity index (χ1) is 16.8. The zero-order valence-corrected chi connectivity index (χ0v) is 19.4. The van der Waals surface area contributed by atoms with Gasteiger partial charge in [-0.3, -0.25) is 4.79 Å². The zero-order valence-electron chi connectivity index (χ0n) is 17.8. The molecular formula is C24H18N6O2S2. The maximum atomic E-state index is 13.3. The van der Waals surface area contributed by atoms with Gasteiger partial charge in [-0.15, -0.1) is 11.3 Å². The molecule has 0 saturated heterocycles. The highest BCUT2D eigenvalue weighted by atomic mass is 32.2. The Morgan fingerprint density at radius 2 is 2.03 bits per heavy atom. The third-order valence-electron chi connectivity index (χ3n) is 5.51. The van der Waals surface area contributed by atoms with E-state index in [-0.39, 0.29) is 17.7 Å². The minimum absolute atomic E-state index is 0.111. The SMILES string of the molecule is O=C(CSc1ncnc2c1cnn2-c1ccccc1)N1N=C(c2cccs2)C[C@@H]1c1ccco1. The monoisotopic (exact) mass is 486 g/mol. The van der Waals surface area contributed by atoms with E-state index < -0.39 is 0 Å². The van der Waals surface area contributed by atoms with Gasteiger partial charge in [0.15, 0.2) is 5.65 Å². The number of thiophene rings is 1. The predicted octanol–water partition coefficient (Wildman–Crippen LogP) is 4.94. The van der Waals surface area contributed by atoms with Gasteiger partial charge in [-0.1, -0.05) is 36.0 Å². The molecule has 1 aromatic carbocycles. The molecule has 0 N–H and O–H groups in total. The molecule has 0 saturated carbocycles. The van der Waals surface area contributed by atoms with Gasteiger partial charge in [0.2, 0.25) is 0 Å². The van der Waals surface area contributed by atoms with E-state index in [1.54, 1.807) is 33.5 Å². The number of carbonyl (C=O) groups excluding carboxylic acids is 1. The maximum Gasteiger partial charge on any atom is 0.253 e. The van der Waals surface area contributed by atoms with Gasteiger partial charge in [0.25, 0.3) is 5.91 Å². The molecule has 4 aromatic heterocycles. The minimum atomic E-state index is -0.258. The third-order valence-corrected chi connectivity index (χ3v) is 7.41. The van der Waals surface area contributed by atoms with Crippen LogP contribution in [0.25, 0.3) is 16.7 Å². The fraction of sp³-hybridized carbons (Fsp3) is 0.125. The lowest BCUT2D eigenvalue weighted by atomic mass is 10.1. The molecule has 168 valence electrons. The zero-order chi connectivity index (χ0) is 22.9. The molecule has 0 bridgehead atoms. The van der Waals surface area contributed by atoms with Gasteiger partial charge in [-0.2, -0.15) is 10.2 Å². The largest absolute Gasteiger partial charge is 0.467 e. The van der Waals surface area contributed by atoms with Gasteiger partial charge in [0.05, 0.1) is 39.9 Å². The van der Waals surface area contributed by atoms with E-state index in [0.29, 0.717) is 17.1 Å². The van der Waals surface area contributed by atoms with E-state index in [1.807, 2.05) is 60.0 Å². The van der Waals surface area contributed by atoms with Crippen LogP contribution in [0.15, 0.2) is 93.3 Å². The first-order valence-corrected chi connectivity index (χ1v) is 12.5. The van der Waals surface area contributed by atoms with E-state index in [0.717, 1.165) is 27.4 Å². The summed E-state index contributed by atoms with van der Waals surface area (Å²) in [4.78, 5) is 23.2. The average molecular weight is 487 g/mol. The normalized spacial score (nSPS) is 15.7. The van der Waals surface area contributed by atoms with E-state index in [9.17, 15) is 4.79 Å². The fourth-order valence-electron chi connectivity index (χ4n) is 3.93. The van der Waals surface area contributed by atoms with Crippen molar-refractivity contribution in [1.29, 1.82) is 0 Å². The summed E-state index contributed by atoms with van der Waals surface area (Å²) in [7, 11) is 0. The number of rotatable bonds is 6. The van der Waals surface area contributed by atoms with E-state index >= 15 is 0 Å². The summed E-state index contributed by atoms with van der Waals surface area (Å²) in [6.45, 7) is 0. The number of thioether (sulfide) groups is 1. The number of benzene rings is 1. The number of hydrazone groups is 1. The van der Waals surface area contributed by atoms with Crippen molar-refractivity contribution < 1.29 is 9.21 Å². The summed E-state index contributed by atoms with van der Waals surface area (Å²) in [6.07, 6.45) is 5.48. The maximum absolute atomic E-state index is 13.3. The van der Waals surface area contributed by atoms with Crippen LogP contribution in [-0.4, -0.2) is 42.1 Å². The van der Waals surface area contributed by atoms with Crippen LogP contribution >= 0.6 is 23.1 Å². The molecule has 1 aliphatic heterocycles. The molecule has 1 aliphatic rings. The molecule has 0 aliphatic carbocycles. The minimum Gasteiger partial charge on any atom is -0.467 e. The number of para-hydroxylation sites is 1. The van der Waals surface area contributed by atoms with Crippen LogP contribution in [0.5, 0.6) is 0 Å². The van der Waals surface area contributed by atoms with Gasteiger partial charge in [-0.25, -0.2) is 19.7 Å². The topological polar surface area (TPSA) is 89.4 Å². The van der Waals surface area contributed by atoms with Crippen molar-refractivity contribution in [2.75, 3.05) is 5.75 Å². The average Bonchev–Trinajstić information content (AvgIpc) is 3.68. The van der Waals surface area contributed by atoms with Gasteiger partial charge in [-0.05, 0) is 35.7 Å². The first-order valence-electron chi connectivity index (χ1n) is 10.6. The van der Waals surface area contributed by atoms with Crippen LogP contribution in [0.1, 0.15) is 23.1 Å². The van der Waals surface area contributed by atoms with Crippen molar-refractivity contribution in [3.05, 3.63) is 89.4 Å². The second kappa shape index (κ2) is 8.88. The van der Waals surface area contributed by atoms with Crippen LogP contribution in [0.2, 0.25) is 0 Å². The lowest BCUT2D eigenvalue weighted by Crippen LogP contribution is -2.28. The number of nitrogens with zero attached hydrogens (tertiary/aromatic N) is 6. The van der Waals surface area contributed by atoms with Crippen LogP contribution in [-0.2, 0) is 4.79 Å². The Bertz CT molecular complexity index is 1460.